The number of ether oxygens (including phenoxy) is 2. The van der Waals surface area contributed by atoms with Gasteiger partial charge < -0.3 is 14.4 Å². The second kappa shape index (κ2) is 8.50. The van der Waals surface area contributed by atoms with E-state index in [9.17, 15) is 9.59 Å². The monoisotopic (exact) mass is 424 g/mol. The molecule has 0 saturated carbocycles. The molecule has 3 aromatic rings. The topological polar surface area (TPSA) is 93.7 Å². The van der Waals surface area contributed by atoms with Gasteiger partial charge in [0.1, 0.15) is 16.5 Å². The van der Waals surface area contributed by atoms with Crippen LogP contribution in [0.2, 0.25) is 0 Å². The van der Waals surface area contributed by atoms with E-state index in [4.69, 9.17) is 9.47 Å². The highest BCUT2D eigenvalue weighted by atomic mass is 32.1. The fourth-order valence-corrected chi connectivity index (χ4v) is 4.10. The molecule has 2 aromatic carbocycles. The smallest absolute Gasteiger partial charge is 0.257 e. The van der Waals surface area contributed by atoms with Gasteiger partial charge in [0.05, 0.1) is 14.2 Å². The summed E-state index contributed by atoms with van der Waals surface area (Å²) in [4.78, 5) is 26.7. The number of aromatic nitrogens is 2. The number of carbonyl (C=O) groups excluding carboxylic acids is 2. The quantitative estimate of drug-likeness (QED) is 0.652. The Kier molecular flexibility index (Phi) is 5.62. The van der Waals surface area contributed by atoms with Crippen LogP contribution in [0.5, 0.6) is 11.5 Å². The standard InChI is InChI=1S/C21H20N4O4S/c1-28-16-8-6-15(7-9-16)25-12-14(11-18(25)26)20-23-24-21(30-20)22-19(27)13-4-3-5-17(10-13)29-2/h3-10,14H,11-12H2,1-2H3,(H,22,24,27)/t14-/m1/s1. The highest BCUT2D eigenvalue weighted by Crippen LogP contribution is 2.34. The van der Waals surface area contributed by atoms with Crippen molar-refractivity contribution in [3.63, 3.8) is 0 Å². The predicted molar refractivity (Wildman–Crippen MR) is 114 cm³/mol. The van der Waals surface area contributed by atoms with Crippen LogP contribution in [0.15, 0.2) is 48.5 Å². The third-order valence-corrected chi connectivity index (χ3v) is 5.85. The number of carbonyl (C=O) groups is 2. The van der Waals surface area contributed by atoms with Crippen LogP contribution >= 0.6 is 11.3 Å². The van der Waals surface area contributed by atoms with Gasteiger partial charge in [0.15, 0.2) is 0 Å². The molecule has 1 aliphatic heterocycles. The van der Waals surface area contributed by atoms with E-state index in [1.165, 1.54) is 11.3 Å². The Bertz CT molecular complexity index is 1070. The second-order valence-electron chi connectivity index (χ2n) is 6.73. The molecule has 1 aromatic heterocycles. The number of nitrogens with zero attached hydrogens (tertiary/aromatic N) is 3. The van der Waals surface area contributed by atoms with Gasteiger partial charge in [-0.15, -0.1) is 10.2 Å². The number of anilines is 2. The van der Waals surface area contributed by atoms with Crippen molar-refractivity contribution < 1.29 is 19.1 Å². The molecular weight excluding hydrogens is 404 g/mol. The lowest BCUT2D eigenvalue weighted by Crippen LogP contribution is -2.24. The SMILES string of the molecule is COc1ccc(N2C[C@H](c3nnc(NC(=O)c4cccc(OC)c4)s3)CC2=O)cc1. The molecule has 0 spiro atoms. The van der Waals surface area contributed by atoms with E-state index in [1.54, 1.807) is 43.4 Å². The summed E-state index contributed by atoms with van der Waals surface area (Å²) in [7, 11) is 3.15. The minimum absolute atomic E-state index is 0.0299. The van der Waals surface area contributed by atoms with Gasteiger partial charge in [0.25, 0.3) is 5.91 Å². The molecule has 9 heteroatoms. The normalized spacial score (nSPS) is 15.9. The average Bonchev–Trinajstić information content (AvgIpc) is 3.40. The molecule has 1 atom stereocenters. The maximum Gasteiger partial charge on any atom is 0.257 e. The summed E-state index contributed by atoms with van der Waals surface area (Å²) >= 11 is 1.28. The molecule has 0 radical (unpaired) electrons. The van der Waals surface area contributed by atoms with Gasteiger partial charge in [-0.25, -0.2) is 0 Å². The summed E-state index contributed by atoms with van der Waals surface area (Å²) in [6.07, 6.45) is 0.352. The zero-order valence-electron chi connectivity index (χ0n) is 16.5. The van der Waals surface area contributed by atoms with Crippen molar-refractivity contribution in [1.82, 2.24) is 10.2 Å². The number of hydrogen-bond acceptors (Lipinski definition) is 7. The molecule has 8 nitrogen and oxygen atoms in total. The predicted octanol–water partition coefficient (Wildman–Crippen LogP) is 3.33. The summed E-state index contributed by atoms with van der Waals surface area (Å²) in [6, 6.07) is 14.2. The molecule has 30 heavy (non-hydrogen) atoms. The maximum atomic E-state index is 12.5. The van der Waals surface area contributed by atoms with Crippen LogP contribution in [0, 0.1) is 0 Å². The minimum Gasteiger partial charge on any atom is -0.497 e. The van der Waals surface area contributed by atoms with Crippen LogP contribution in [-0.4, -0.2) is 42.8 Å². The summed E-state index contributed by atoms with van der Waals surface area (Å²) in [6.45, 7) is 0.517. The highest BCUT2D eigenvalue weighted by molar-refractivity contribution is 7.15. The van der Waals surface area contributed by atoms with Gasteiger partial charge in [0, 0.05) is 30.1 Å². The Morgan fingerprint density at radius 1 is 1.10 bits per heavy atom. The van der Waals surface area contributed by atoms with Crippen molar-refractivity contribution in [1.29, 1.82) is 0 Å². The number of amides is 2. The van der Waals surface area contributed by atoms with Crippen molar-refractivity contribution >= 4 is 34.0 Å². The lowest BCUT2D eigenvalue weighted by molar-refractivity contribution is -0.117. The minimum atomic E-state index is -0.293. The number of methoxy groups -OCH3 is 2. The highest BCUT2D eigenvalue weighted by Gasteiger charge is 2.34. The van der Waals surface area contributed by atoms with Gasteiger partial charge in [-0.1, -0.05) is 17.4 Å². The number of rotatable bonds is 6. The van der Waals surface area contributed by atoms with Crippen molar-refractivity contribution in [2.24, 2.45) is 0 Å². The third-order valence-electron chi connectivity index (χ3n) is 4.85. The Morgan fingerprint density at radius 2 is 1.87 bits per heavy atom. The van der Waals surface area contributed by atoms with E-state index in [0.717, 1.165) is 16.4 Å². The molecule has 4 rings (SSSR count). The van der Waals surface area contributed by atoms with Gasteiger partial charge in [0.2, 0.25) is 11.0 Å². The molecule has 2 heterocycles. The maximum absolute atomic E-state index is 12.5. The molecular formula is C21H20N4O4S. The Morgan fingerprint density at radius 3 is 2.60 bits per heavy atom. The molecule has 1 aliphatic rings. The Labute approximate surface area is 177 Å². The van der Waals surface area contributed by atoms with Crippen molar-refractivity contribution in [3.8, 4) is 11.5 Å². The molecule has 2 amide bonds. The third kappa shape index (κ3) is 4.11. The lowest BCUT2D eigenvalue weighted by atomic mass is 10.1. The molecule has 1 N–H and O–H groups in total. The summed E-state index contributed by atoms with van der Waals surface area (Å²) in [5, 5.41) is 12.1. The zero-order valence-corrected chi connectivity index (χ0v) is 17.3. The van der Waals surface area contributed by atoms with E-state index in [0.29, 0.717) is 29.4 Å². The fraction of sp³-hybridized carbons (Fsp3) is 0.238. The van der Waals surface area contributed by atoms with E-state index in [2.05, 4.69) is 15.5 Å². The van der Waals surface area contributed by atoms with Crippen molar-refractivity contribution in [2.75, 3.05) is 31.0 Å². The van der Waals surface area contributed by atoms with Gasteiger partial charge in [-0.2, -0.15) is 0 Å². The van der Waals surface area contributed by atoms with Crippen LogP contribution in [0.3, 0.4) is 0 Å². The first-order chi connectivity index (χ1) is 14.6. The lowest BCUT2D eigenvalue weighted by Gasteiger charge is -2.16. The van der Waals surface area contributed by atoms with Crippen molar-refractivity contribution in [3.05, 3.63) is 59.1 Å². The van der Waals surface area contributed by atoms with Crippen LogP contribution in [0.1, 0.15) is 27.7 Å². The van der Waals surface area contributed by atoms with Crippen LogP contribution in [0.4, 0.5) is 10.8 Å². The first-order valence-corrected chi connectivity index (χ1v) is 10.1. The summed E-state index contributed by atoms with van der Waals surface area (Å²) in [5.74, 6) is 1.01. The van der Waals surface area contributed by atoms with E-state index in [1.807, 2.05) is 24.3 Å². The number of benzene rings is 2. The van der Waals surface area contributed by atoms with Crippen LogP contribution in [-0.2, 0) is 4.79 Å². The van der Waals surface area contributed by atoms with Gasteiger partial charge in [-0.3, -0.25) is 14.9 Å². The zero-order chi connectivity index (χ0) is 21.1. The van der Waals surface area contributed by atoms with Gasteiger partial charge >= 0.3 is 0 Å². The second-order valence-corrected chi connectivity index (χ2v) is 7.74. The first-order valence-electron chi connectivity index (χ1n) is 9.30. The Hall–Kier alpha value is -3.46. The number of hydrogen-bond donors (Lipinski definition) is 1. The largest absolute Gasteiger partial charge is 0.497 e. The van der Waals surface area contributed by atoms with Crippen LogP contribution in [0.25, 0.3) is 0 Å². The molecule has 1 fully saturated rings. The van der Waals surface area contributed by atoms with E-state index in [-0.39, 0.29) is 17.7 Å². The molecule has 1 saturated heterocycles. The molecule has 0 unspecified atom stereocenters. The van der Waals surface area contributed by atoms with Gasteiger partial charge in [-0.05, 0) is 42.5 Å². The van der Waals surface area contributed by atoms with E-state index >= 15 is 0 Å². The number of nitrogens with one attached hydrogen (secondary N) is 1. The fourth-order valence-electron chi connectivity index (χ4n) is 3.27. The molecule has 0 bridgehead atoms. The molecule has 0 aliphatic carbocycles. The van der Waals surface area contributed by atoms with Crippen LogP contribution < -0.4 is 19.7 Å². The first kappa shape index (κ1) is 19.8. The summed E-state index contributed by atoms with van der Waals surface area (Å²) < 4.78 is 10.3. The average molecular weight is 424 g/mol. The van der Waals surface area contributed by atoms with E-state index < -0.39 is 0 Å². The Balaban J connectivity index is 1.43. The summed E-state index contributed by atoms with van der Waals surface area (Å²) in [5.41, 5.74) is 1.28. The molecule has 154 valence electrons. The van der Waals surface area contributed by atoms with Crippen molar-refractivity contribution in [2.45, 2.75) is 12.3 Å².